The van der Waals surface area contributed by atoms with E-state index < -0.39 is 11.9 Å². The number of carbonyl (C=O) groups excluding carboxylic acids is 3. The van der Waals surface area contributed by atoms with Crippen molar-refractivity contribution in [2.45, 2.75) is 58.0 Å². The third-order valence-corrected chi connectivity index (χ3v) is 7.29. The first-order chi connectivity index (χ1) is 21.8. The molecule has 0 saturated heterocycles. The van der Waals surface area contributed by atoms with Crippen molar-refractivity contribution in [2.75, 3.05) is 13.2 Å². The van der Waals surface area contributed by atoms with Gasteiger partial charge in [0.1, 0.15) is 17.6 Å². The second kappa shape index (κ2) is 16.8. The molecule has 0 atom stereocenters. The minimum absolute atomic E-state index is 0.0589. The summed E-state index contributed by atoms with van der Waals surface area (Å²) in [7, 11) is 0. The van der Waals surface area contributed by atoms with Gasteiger partial charge in [-0.05, 0) is 79.1 Å². The summed E-state index contributed by atoms with van der Waals surface area (Å²) in [5, 5.41) is 0. The Bertz CT molecular complexity index is 1490. The van der Waals surface area contributed by atoms with Crippen molar-refractivity contribution in [3.8, 4) is 22.6 Å². The van der Waals surface area contributed by atoms with Crippen LogP contribution in [0.3, 0.4) is 0 Å². The van der Waals surface area contributed by atoms with Gasteiger partial charge >= 0.3 is 17.9 Å². The predicted octanol–water partition coefficient (Wildman–Crippen LogP) is 8.14. The van der Waals surface area contributed by atoms with Crippen molar-refractivity contribution >= 4 is 30.1 Å². The highest BCUT2D eigenvalue weighted by molar-refractivity contribution is 5.94. The fraction of sp³-hybridized carbons (Fsp3) is 0.289. The average Bonchev–Trinajstić information content (AvgIpc) is 3.05. The standard InChI is InChI=1S/C38H40O7/c1-27(2)37(40)43-25-7-24-42-33-20-14-30(15-21-33)11-10-29-12-16-31(17-13-29)32-18-22-35(23-19-32)45-38(41)28(3)26-36(39)44-34-8-5-4-6-9-34/h10-23,34H,1,3-9,24-26H2,2H3/b11-10+. The number of ether oxygens (including phenoxy) is 4. The smallest absolute Gasteiger partial charge is 0.339 e. The van der Waals surface area contributed by atoms with E-state index in [4.69, 9.17) is 18.9 Å². The monoisotopic (exact) mass is 608 g/mol. The molecule has 1 fully saturated rings. The van der Waals surface area contributed by atoms with Gasteiger partial charge in [0.2, 0.25) is 0 Å². The summed E-state index contributed by atoms with van der Waals surface area (Å²) >= 11 is 0. The van der Waals surface area contributed by atoms with Crippen LogP contribution in [0.25, 0.3) is 23.3 Å². The third-order valence-electron chi connectivity index (χ3n) is 7.29. The Hall–Kier alpha value is -4.91. The number of benzene rings is 3. The van der Waals surface area contributed by atoms with Crippen LogP contribution in [0.1, 0.15) is 63.0 Å². The van der Waals surface area contributed by atoms with E-state index in [1.807, 2.05) is 72.8 Å². The Balaban J connectivity index is 1.20. The molecule has 1 aliphatic rings. The van der Waals surface area contributed by atoms with Crippen molar-refractivity contribution in [1.82, 2.24) is 0 Å². The summed E-state index contributed by atoms with van der Waals surface area (Å²) in [5.41, 5.74) is 4.55. The summed E-state index contributed by atoms with van der Waals surface area (Å²) in [5.74, 6) is -0.326. The fourth-order valence-electron chi connectivity index (χ4n) is 4.74. The van der Waals surface area contributed by atoms with Gasteiger partial charge in [-0.3, -0.25) is 4.79 Å². The predicted molar refractivity (Wildman–Crippen MR) is 175 cm³/mol. The van der Waals surface area contributed by atoms with Crippen molar-refractivity contribution in [1.29, 1.82) is 0 Å². The van der Waals surface area contributed by atoms with Crippen LogP contribution in [-0.4, -0.2) is 37.2 Å². The molecule has 1 aliphatic carbocycles. The highest BCUT2D eigenvalue weighted by Crippen LogP contribution is 2.25. The van der Waals surface area contributed by atoms with E-state index in [1.54, 1.807) is 19.1 Å². The zero-order valence-corrected chi connectivity index (χ0v) is 25.8. The lowest BCUT2D eigenvalue weighted by Crippen LogP contribution is -2.22. The van der Waals surface area contributed by atoms with Gasteiger partial charge < -0.3 is 18.9 Å². The average molecular weight is 609 g/mol. The van der Waals surface area contributed by atoms with Crippen molar-refractivity contribution in [3.05, 3.63) is 108 Å². The lowest BCUT2D eigenvalue weighted by molar-refractivity contribution is -0.150. The summed E-state index contributed by atoms with van der Waals surface area (Å²) in [4.78, 5) is 36.0. The van der Waals surface area contributed by atoms with E-state index in [-0.39, 0.29) is 24.1 Å². The van der Waals surface area contributed by atoms with Crippen LogP contribution in [0.2, 0.25) is 0 Å². The molecule has 0 bridgehead atoms. The lowest BCUT2D eigenvalue weighted by atomic mass is 9.98. The Morgan fingerprint density at radius 3 is 1.89 bits per heavy atom. The fourth-order valence-corrected chi connectivity index (χ4v) is 4.74. The lowest BCUT2D eigenvalue weighted by Gasteiger charge is -2.21. The molecule has 1 saturated carbocycles. The minimum atomic E-state index is -0.638. The highest BCUT2D eigenvalue weighted by atomic mass is 16.5. The maximum Gasteiger partial charge on any atom is 0.339 e. The molecule has 0 aromatic heterocycles. The third kappa shape index (κ3) is 10.9. The summed E-state index contributed by atoms with van der Waals surface area (Å²) in [6, 6.07) is 23.1. The Kier molecular flexibility index (Phi) is 12.3. The quantitative estimate of drug-likeness (QED) is 0.0600. The van der Waals surface area contributed by atoms with E-state index in [2.05, 4.69) is 13.2 Å². The summed E-state index contributed by atoms with van der Waals surface area (Å²) in [6.45, 7) is 9.64. The molecule has 0 heterocycles. The highest BCUT2D eigenvalue weighted by Gasteiger charge is 2.20. The largest absolute Gasteiger partial charge is 0.493 e. The number of rotatable bonds is 14. The van der Waals surface area contributed by atoms with Crippen LogP contribution in [0, 0.1) is 0 Å². The number of hydrogen-bond donors (Lipinski definition) is 0. The summed E-state index contributed by atoms with van der Waals surface area (Å²) in [6.07, 6.45) is 9.48. The van der Waals surface area contributed by atoms with Gasteiger partial charge in [0.05, 0.1) is 19.6 Å². The molecule has 3 aromatic carbocycles. The number of esters is 3. The van der Waals surface area contributed by atoms with Crippen LogP contribution in [0.4, 0.5) is 0 Å². The van der Waals surface area contributed by atoms with E-state index in [0.29, 0.717) is 31.0 Å². The van der Waals surface area contributed by atoms with E-state index >= 15 is 0 Å². The molecular formula is C38H40O7. The first-order valence-corrected chi connectivity index (χ1v) is 15.3. The van der Waals surface area contributed by atoms with Crippen molar-refractivity contribution < 1.29 is 33.3 Å². The normalized spacial score (nSPS) is 13.2. The molecule has 3 aromatic rings. The topological polar surface area (TPSA) is 88.1 Å². The number of hydrogen-bond acceptors (Lipinski definition) is 7. The molecule has 4 rings (SSSR count). The van der Waals surface area contributed by atoms with Gasteiger partial charge in [0.15, 0.2) is 0 Å². The maximum atomic E-state index is 12.5. The van der Waals surface area contributed by atoms with Gasteiger partial charge in [-0.25, -0.2) is 9.59 Å². The van der Waals surface area contributed by atoms with Crippen molar-refractivity contribution in [3.63, 3.8) is 0 Å². The second-order valence-electron chi connectivity index (χ2n) is 11.1. The molecule has 0 unspecified atom stereocenters. The van der Waals surface area contributed by atoms with Gasteiger partial charge in [-0.1, -0.05) is 80.3 Å². The van der Waals surface area contributed by atoms with Gasteiger partial charge in [0.25, 0.3) is 0 Å². The van der Waals surface area contributed by atoms with Crippen LogP contribution >= 0.6 is 0 Å². The maximum absolute atomic E-state index is 12.5. The van der Waals surface area contributed by atoms with Crippen molar-refractivity contribution in [2.24, 2.45) is 0 Å². The molecule has 7 heteroatoms. The SMILES string of the molecule is C=C(C)C(=O)OCCCOc1ccc(/C=C/c2ccc(-c3ccc(OC(=O)C(=C)CC(=O)OC4CCCCC4)cc3)cc2)cc1. The molecule has 234 valence electrons. The molecule has 0 radical (unpaired) electrons. The van der Waals surface area contributed by atoms with Crippen LogP contribution < -0.4 is 9.47 Å². The Morgan fingerprint density at radius 1 is 0.733 bits per heavy atom. The first kappa shape index (κ1) is 33.0. The first-order valence-electron chi connectivity index (χ1n) is 15.3. The van der Waals surface area contributed by atoms with Crippen LogP contribution in [-0.2, 0) is 23.9 Å². The molecule has 0 spiro atoms. The molecule has 0 N–H and O–H groups in total. The van der Waals surface area contributed by atoms with E-state index in [0.717, 1.165) is 53.7 Å². The van der Waals surface area contributed by atoms with Gasteiger partial charge in [-0.15, -0.1) is 0 Å². The van der Waals surface area contributed by atoms with E-state index in [9.17, 15) is 14.4 Å². The summed E-state index contributed by atoms with van der Waals surface area (Å²) < 4.78 is 21.7. The second-order valence-corrected chi connectivity index (χ2v) is 11.1. The molecular weight excluding hydrogens is 568 g/mol. The van der Waals surface area contributed by atoms with Gasteiger partial charge in [0, 0.05) is 17.6 Å². The zero-order chi connectivity index (χ0) is 32.0. The Labute approximate surface area is 265 Å². The minimum Gasteiger partial charge on any atom is -0.493 e. The molecule has 0 aliphatic heterocycles. The van der Waals surface area contributed by atoms with Crippen LogP contribution in [0.15, 0.2) is 97.1 Å². The molecule has 7 nitrogen and oxygen atoms in total. The van der Waals surface area contributed by atoms with E-state index in [1.165, 1.54) is 6.42 Å². The molecule has 45 heavy (non-hydrogen) atoms. The Morgan fingerprint density at radius 2 is 1.29 bits per heavy atom. The molecule has 0 amide bonds. The zero-order valence-electron chi connectivity index (χ0n) is 25.8. The van der Waals surface area contributed by atoms with Crippen LogP contribution in [0.5, 0.6) is 11.5 Å². The van der Waals surface area contributed by atoms with Gasteiger partial charge in [-0.2, -0.15) is 0 Å². The number of carbonyl (C=O) groups is 3.